The van der Waals surface area contributed by atoms with E-state index in [0.717, 1.165) is 22.6 Å². The molecule has 23 heavy (non-hydrogen) atoms. The lowest BCUT2D eigenvalue weighted by Gasteiger charge is -2.14. The van der Waals surface area contributed by atoms with Crippen molar-refractivity contribution in [2.75, 3.05) is 14.2 Å². The van der Waals surface area contributed by atoms with Crippen LogP contribution in [0.5, 0.6) is 11.5 Å². The first kappa shape index (κ1) is 17.1. The molecule has 118 valence electrons. The topological polar surface area (TPSA) is 18.5 Å². The van der Waals surface area contributed by atoms with E-state index in [9.17, 15) is 0 Å². The zero-order valence-electron chi connectivity index (χ0n) is 14.2. The molecule has 2 radical (unpaired) electrons. The van der Waals surface area contributed by atoms with Gasteiger partial charge in [-0.15, -0.1) is 0 Å². The summed E-state index contributed by atoms with van der Waals surface area (Å²) in [7, 11) is 3.85. The Morgan fingerprint density at radius 3 is 1.48 bits per heavy atom. The molecule has 2 aromatic carbocycles. The number of methoxy groups -OCH3 is 2. The Kier molecular flexibility index (Phi) is 5.45. The fourth-order valence-corrected chi connectivity index (χ4v) is 3.98. The normalized spacial score (nSPS) is 10.3. The molecule has 0 aliphatic rings. The highest BCUT2D eigenvalue weighted by Gasteiger charge is 2.12. The molecule has 0 bridgehead atoms. The van der Waals surface area contributed by atoms with Gasteiger partial charge in [0.1, 0.15) is 21.0 Å². The molecule has 0 heterocycles. The van der Waals surface area contributed by atoms with Gasteiger partial charge in [0.2, 0.25) is 0 Å². The highest BCUT2D eigenvalue weighted by atomic mass is 28.2. The lowest BCUT2D eigenvalue weighted by atomic mass is 10.1. The summed E-state index contributed by atoms with van der Waals surface area (Å²) in [5.74, 6) is 1.72. The molecule has 0 saturated carbocycles. The first-order valence-electron chi connectivity index (χ1n) is 7.41. The van der Waals surface area contributed by atoms with Crippen molar-refractivity contribution in [3.05, 3.63) is 60.7 Å². The smallest absolute Gasteiger partial charge is 0.123 e. The Bertz CT molecular complexity index is 684. The van der Waals surface area contributed by atoms with Crippen LogP contribution >= 0.6 is 0 Å². The summed E-state index contributed by atoms with van der Waals surface area (Å²) in [6.07, 6.45) is 0. The van der Waals surface area contributed by atoms with Crippen LogP contribution in [-0.2, 0) is 0 Å². The number of hydrogen-bond acceptors (Lipinski definition) is 2. The summed E-state index contributed by atoms with van der Waals surface area (Å²) in [5, 5.41) is 2.43. The van der Waals surface area contributed by atoms with Crippen molar-refractivity contribution < 1.29 is 9.47 Å². The summed E-state index contributed by atoms with van der Waals surface area (Å²) in [6.45, 7) is 12.2. The van der Waals surface area contributed by atoms with Crippen LogP contribution in [0.25, 0.3) is 11.1 Å². The van der Waals surface area contributed by atoms with Gasteiger partial charge in [0, 0.05) is 0 Å². The monoisotopic (exact) mass is 322 g/mol. The van der Waals surface area contributed by atoms with Crippen molar-refractivity contribution >= 4 is 31.0 Å². The van der Waals surface area contributed by atoms with E-state index in [1.807, 2.05) is 26.0 Å². The molecule has 0 aliphatic heterocycles. The Morgan fingerprint density at radius 2 is 1.17 bits per heavy atom. The largest absolute Gasteiger partial charge is 0.497 e. The van der Waals surface area contributed by atoms with E-state index < -0.39 is 0 Å². The molecule has 0 saturated heterocycles. The molecule has 3 heteroatoms. The van der Waals surface area contributed by atoms with Crippen LogP contribution in [-0.4, -0.2) is 23.7 Å². The van der Waals surface area contributed by atoms with E-state index in [1.54, 1.807) is 14.2 Å². The van der Waals surface area contributed by atoms with Crippen LogP contribution in [0.2, 0.25) is 0 Å². The van der Waals surface area contributed by atoms with Gasteiger partial charge in [0.25, 0.3) is 0 Å². The highest BCUT2D eigenvalue weighted by Crippen LogP contribution is 2.17. The molecule has 0 fully saturated rings. The van der Waals surface area contributed by atoms with Crippen LogP contribution < -0.4 is 19.8 Å². The van der Waals surface area contributed by atoms with E-state index in [2.05, 4.69) is 37.4 Å². The van der Waals surface area contributed by atoms with Crippen molar-refractivity contribution in [3.63, 3.8) is 0 Å². The van der Waals surface area contributed by atoms with Crippen LogP contribution in [0.15, 0.2) is 49.6 Å². The van der Waals surface area contributed by atoms with Crippen molar-refractivity contribution in [1.29, 1.82) is 0 Å². The van der Waals surface area contributed by atoms with E-state index in [1.165, 1.54) is 21.5 Å². The molecule has 0 aromatic heterocycles. The van der Waals surface area contributed by atoms with Gasteiger partial charge in [-0.05, 0) is 59.6 Å². The van der Waals surface area contributed by atoms with Gasteiger partial charge in [-0.2, -0.15) is 0 Å². The van der Waals surface area contributed by atoms with E-state index in [-0.39, 0.29) is 0 Å². The Balaban J connectivity index is 2.53. The predicted molar refractivity (Wildman–Crippen MR) is 100 cm³/mol. The van der Waals surface area contributed by atoms with Crippen LogP contribution in [0.3, 0.4) is 0 Å². The molecule has 0 spiro atoms. The maximum Gasteiger partial charge on any atom is 0.123 e. The maximum atomic E-state index is 5.38. The summed E-state index contributed by atoms with van der Waals surface area (Å²) in [4.78, 5) is 0. The molecule has 0 atom stereocenters. The van der Waals surface area contributed by atoms with Gasteiger partial charge >= 0.3 is 0 Å². The summed E-state index contributed by atoms with van der Waals surface area (Å²) < 4.78 is 10.8. The third-order valence-electron chi connectivity index (χ3n) is 3.64. The Morgan fingerprint density at radius 1 is 0.783 bits per heavy atom. The van der Waals surface area contributed by atoms with Gasteiger partial charge in [0.15, 0.2) is 0 Å². The summed E-state index contributed by atoms with van der Waals surface area (Å²) >= 11 is 0. The zero-order chi connectivity index (χ0) is 17.0. The fraction of sp³-hybridized carbons (Fsp3) is 0.200. The first-order valence-corrected chi connectivity index (χ1v) is 8.41. The molecule has 0 aliphatic carbocycles. The standard InChI is InChI=1S/C20H22O2Si/c1-13(2)17-9-7-15(21-5)11-19(17)23-20-12-16(22-6)8-10-18(20)14(3)4/h7-12H,1,3H2,2,4-6H3. The average Bonchev–Trinajstić information content (AvgIpc) is 2.54. The molecular formula is C20H22O2Si. The third kappa shape index (κ3) is 3.93. The van der Waals surface area contributed by atoms with Crippen molar-refractivity contribution in [1.82, 2.24) is 0 Å². The van der Waals surface area contributed by atoms with Crippen LogP contribution in [0, 0.1) is 0 Å². The highest BCUT2D eigenvalue weighted by molar-refractivity contribution is 6.69. The number of allylic oxidation sites excluding steroid dienone is 2. The second kappa shape index (κ2) is 7.33. The van der Waals surface area contributed by atoms with Crippen LogP contribution in [0.4, 0.5) is 0 Å². The van der Waals surface area contributed by atoms with Crippen molar-refractivity contribution in [3.8, 4) is 11.5 Å². The molecule has 2 nitrogen and oxygen atoms in total. The van der Waals surface area contributed by atoms with E-state index >= 15 is 0 Å². The first-order chi connectivity index (χ1) is 11.0. The summed E-state index contributed by atoms with van der Waals surface area (Å²) in [5.41, 5.74) is 4.43. The number of ether oxygens (including phenoxy) is 2. The number of hydrogen-bond donors (Lipinski definition) is 0. The van der Waals surface area contributed by atoms with E-state index in [4.69, 9.17) is 9.47 Å². The lowest BCUT2D eigenvalue weighted by molar-refractivity contribution is 0.415. The van der Waals surface area contributed by atoms with Gasteiger partial charge in [-0.25, -0.2) is 0 Å². The molecular weight excluding hydrogens is 300 g/mol. The van der Waals surface area contributed by atoms with Crippen molar-refractivity contribution in [2.45, 2.75) is 13.8 Å². The maximum absolute atomic E-state index is 5.38. The second-order valence-corrected chi connectivity index (χ2v) is 6.84. The quantitative estimate of drug-likeness (QED) is 0.759. The van der Waals surface area contributed by atoms with Gasteiger partial charge in [0.05, 0.1) is 14.2 Å². The van der Waals surface area contributed by atoms with Gasteiger partial charge in [-0.1, -0.05) is 36.4 Å². The van der Waals surface area contributed by atoms with Crippen molar-refractivity contribution in [2.24, 2.45) is 0 Å². The molecule has 2 rings (SSSR count). The second-order valence-electron chi connectivity index (χ2n) is 5.51. The fourth-order valence-electron chi connectivity index (χ4n) is 2.40. The molecule has 0 unspecified atom stereocenters. The minimum atomic E-state index is 0.477. The zero-order valence-corrected chi connectivity index (χ0v) is 15.2. The average molecular weight is 322 g/mol. The minimum absolute atomic E-state index is 0.477. The number of rotatable bonds is 6. The Hall–Kier alpha value is -2.26. The Labute approximate surface area is 141 Å². The minimum Gasteiger partial charge on any atom is -0.497 e. The lowest BCUT2D eigenvalue weighted by Crippen LogP contribution is -2.32. The molecule has 0 N–H and O–H groups in total. The van der Waals surface area contributed by atoms with Gasteiger partial charge < -0.3 is 9.47 Å². The molecule has 2 aromatic rings. The van der Waals surface area contributed by atoms with E-state index in [0.29, 0.717) is 9.52 Å². The third-order valence-corrected chi connectivity index (χ3v) is 5.01. The predicted octanol–water partition coefficient (Wildman–Crippen LogP) is 3.43. The number of benzene rings is 2. The van der Waals surface area contributed by atoms with Crippen LogP contribution in [0.1, 0.15) is 25.0 Å². The van der Waals surface area contributed by atoms with Gasteiger partial charge in [-0.3, -0.25) is 0 Å². The summed E-state index contributed by atoms with van der Waals surface area (Å²) in [6, 6.07) is 12.3. The molecule has 0 amide bonds. The SMILES string of the molecule is C=C(C)c1ccc(OC)cc1[Si]c1cc(OC)ccc1C(=C)C.